The van der Waals surface area contributed by atoms with Crippen molar-refractivity contribution in [2.24, 2.45) is 0 Å². The van der Waals surface area contributed by atoms with Crippen LogP contribution in [0.4, 0.5) is 0 Å². The molecule has 2 unspecified atom stereocenters. The molecule has 0 rings (SSSR count). The van der Waals surface area contributed by atoms with Crippen LogP contribution in [-0.4, -0.2) is 69.6 Å². The molecule has 0 bridgehead atoms. The van der Waals surface area contributed by atoms with Gasteiger partial charge in [0.15, 0.2) is 0 Å². The molecule has 0 aromatic rings. The number of ether oxygens (including phenoxy) is 1. The second-order valence-electron chi connectivity index (χ2n) is 4.16. The monoisotopic (exact) mass is 300 g/mol. The first-order chi connectivity index (χ1) is 8.54. The minimum atomic E-state index is -1.44. The number of hydrogen-bond acceptors (Lipinski definition) is 7. The van der Waals surface area contributed by atoms with Crippen LogP contribution in [0.15, 0.2) is 0 Å². The van der Waals surface area contributed by atoms with Crippen molar-refractivity contribution in [3.8, 4) is 0 Å². The largest absolute Gasteiger partial charge is 0.389 e. The molecule has 0 saturated carbocycles. The predicted molar refractivity (Wildman–Crippen MR) is 76.4 cm³/mol. The van der Waals surface area contributed by atoms with E-state index in [9.17, 15) is 20.4 Å². The predicted octanol–water partition coefficient (Wildman–Crippen LogP) is -0.524. The maximum atomic E-state index is 9.55. The standard InChI is InChI=1S/C11H24O5S2/c12-8(6-16-4-2-1-3-5-17)10(14)11(15)9(13)7-18/h8-15,17-18H,1-7H2/t8?,9?,10-,11+/m1/s1. The van der Waals surface area contributed by atoms with E-state index in [4.69, 9.17) is 4.74 Å². The lowest BCUT2D eigenvalue weighted by Gasteiger charge is -2.25. The summed E-state index contributed by atoms with van der Waals surface area (Å²) in [6, 6.07) is 0. The Hall–Kier alpha value is 0.500. The maximum absolute atomic E-state index is 9.55. The van der Waals surface area contributed by atoms with Gasteiger partial charge in [-0.05, 0) is 18.6 Å². The lowest BCUT2D eigenvalue weighted by Crippen LogP contribution is -2.46. The van der Waals surface area contributed by atoms with Gasteiger partial charge in [-0.15, -0.1) is 0 Å². The zero-order chi connectivity index (χ0) is 14.0. The summed E-state index contributed by atoms with van der Waals surface area (Å²) >= 11 is 7.88. The maximum Gasteiger partial charge on any atom is 0.111 e. The Kier molecular flexibility index (Phi) is 11.7. The summed E-state index contributed by atoms with van der Waals surface area (Å²) in [6.07, 6.45) is -2.37. The molecule has 0 aromatic carbocycles. The van der Waals surface area contributed by atoms with Crippen molar-refractivity contribution in [2.45, 2.75) is 43.7 Å². The molecule has 4 N–H and O–H groups in total. The second-order valence-corrected chi connectivity index (χ2v) is 4.97. The number of rotatable bonds is 11. The highest BCUT2D eigenvalue weighted by Gasteiger charge is 2.29. The van der Waals surface area contributed by atoms with Crippen molar-refractivity contribution < 1.29 is 25.2 Å². The van der Waals surface area contributed by atoms with Crippen molar-refractivity contribution >= 4 is 25.3 Å². The van der Waals surface area contributed by atoms with Crippen molar-refractivity contribution in [1.82, 2.24) is 0 Å². The summed E-state index contributed by atoms with van der Waals surface area (Å²) in [4.78, 5) is 0. The fourth-order valence-electron chi connectivity index (χ4n) is 1.36. The number of aliphatic hydroxyl groups is 4. The van der Waals surface area contributed by atoms with E-state index in [1.54, 1.807) is 0 Å². The highest BCUT2D eigenvalue weighted by molar-refractivity contribution is 7.80. The van der Waals surface area contributed by atoms with Gasteiger partial charge in [-0.2, -0.15) is 25.3 Å². The van der Waals surface area contributed by atoms with Gasteiger partial charge in [0.05, 0.1) is 12.7 Å². The van der Waals surface area contributed by atoms with E-state index in [0.29, 0.717) is 6.61 Å². The average Bonchev–Trinajstić information content (AvgIpc) is 2.39. The van der Waals surface area contributed by atoms with E-state index >= 15 is 0 Å². The van der Waals surface area contributed by atoms with E-state index in [1.165, 1.54) is 0 Å². The fraction of sp³-hybridized carbons (Fsp3) is 1.00. The highest BCUT2D eigenvalue weighted by Crippen LogP contribution is 2.07. The molecule has 110 valence electrons. The first kappa shape index (κ1) is 18.5. The molecule has 0 radical (unpaired) electrons. The van der Waals surface area contributed by atoms with Crippen LogP contribution in [0.25, 0.3) is 0 Å². The molecule has 0 saturated heterocycles. The average molecular weight is 300 g/mol. The van der Waals surface area contributed by atoms with Crippen LogP contribution in [0.5, 0.6) is 0 Å². The van der Waals surface area contributed by atoms with Gasteiger partial charge in [0, 0.05) is 12.4 Å². The van der Waals surface area contributed by atoms with Gasteiger partial charge >= 0.3 is 0 Å². The minimum Gasteiger partial charge on any atom is -0.389 e. The molecule has 0 aliphatic heterocycles. The van der Waals surface area contributed by atoms with Crippen LogP contribution in [-0.2, 0) is 4.74 Å². The zero-order valence-corrected chi connectivity index (χ0v) is 12.1. The Balaban J connectivity index is 3.70. The van der Waals surface area contributed by atoms with Crippen molar-refractivity contribution in [2.75, 3.05) is 24.7 Å². The van der Waals surface area contributed by atoms with Crippen molar-refractivity contribution in [1.29, 1.82) is 0 Å². The smallest absolute Gasteiger partial charge is 0.111 e. The van der Waals surface area contributed by atoms with Crippen LogP contribution in [0.2, 0.25) is 0 Å². The van der Waals surface area contributed by atoms with Crippen LogP contribution in [0.3, 0.4) is 0 Å². The van der Waals surface area contributed by atoms with Gasteiger partial charge < -0.3 is 25.2 Å². The lowest BCUT2D eigenvalue weighted by atomic mass is 10.0. The summed E-state index contributed by atoms with van der Waals surface area (Å²) in [5.74, 6) is 0.852. The molecule has 0 heterocycles. The molecule has 0 aliphatic rings. The summed E-state index contributed by atoms with van der Waals surface area (Å²) in [5, 5.41) is 37.8. The minimum absolute atomic E-state index is 0.00946. The number of unbranched alkanes of at least 4 members (excludes halogenated alkanes) is 2. The van der Waals surface area contributed by atoms with Gasteiger partial charge in [0.1, 0.15) is 18.3 Å². The molecule has 0 aromatic heterocycles. The number of thiol groups is 2. The summed E-state index contributed by atoms with van der Waals surface area (Å²) in [5.41, 5.74) is 0. The molecule has 0 fully saturated rings. The van der Waals surface area contributed by atoms with Gasteiger partial charge in [-0.25, -0.2) is 0 Å². The third-order valence-electron chi connectivity index (χ3n) is 2.56. The van der Waals surface area contributed by atoms with Gasteiger partial charge in [0.2, 0.25) is 0 Å². The highest BCUT2D eigenvalue weighted by atomic mass is 32.1. The Labute approximate surface area is 119 Å². The van der Waals surface area contributed by atoms with Gasteiger partial charge in [-0.3, -0.25) is 0 Å². The second kappa shape index (κ2) is 11.3. The van der Waals surface area contributed by atoms with Crippen molar-refractivity contribution in [3.63, 3.8) is 0 Å². The van der Waals surface area contributed by atoms with Gasteiger partial charge in [-0.1, -0.05) is 6.42 Å². The van der Waals surface area contributed by atoms with E-state index < -0.39 is 24.4 Å². The SMILES string of the molecule is OC(COCCCCCS)[C@@H](O)[C@@H](O)C(O)CS. The molecule has 18 heavy (non-hydrogen) atoms. The lowest BCUT2D eigenvalue weighted by molar-refractivity contribution is -0.116. The molecule has 7 heteroatoms. The zero-order valence-electron chi connectivity index (χ0n) is 10.4. The Morgan fingerprint density at radius 1 is 0.833 bits per heavy atom. The van der Waals surface area contributed by atoms with Crippen LogP contribution >= 0.6 is 25.3 Å². The topological polar surface area (TPSA) is 90.2 Å². The first-order valence-electron chi connectivity index (χ1n) is 6.06. The van der Waals surface area contributed by atoms with E-state index in [0.717, 1.165) is 25.0 Å². The fourth-order valence-corrected chi connectivity index (χ4v) is 1.80. The van der Waals surface area contributed by atoms with Crippen LogP contribution in [0.1, 0.15) is 19.3 Å². The summed E-state index contributed by atoms with van der Waals surface area (Å²) < 4.78 is 5.18. The molecule has 0 spiro atoms. The van der Waals surface area contributed by atoms with E-state index in [1.807, 2.05) is 0 Å². The third-order valence-corrected chi connectivity index (χ3v) is 3.25. The van der Waals surface area contributed by atoms with Gasteiger partial charge in [0.25, 0.3) is 0 Å². The molecule has 5 nitrogen and oxygen atoms in total. The molecule has 0 aliphatic carbocycles. The molecule has 4 atom stereocenters. The Bertz CT molecular complexity index is 196. The van der Waals surface area contributed by atoms with Crippen molar-refractivity contribution in [3.05, 3.63) is 0 Å². The Morgan fingerprint density at radius 3 is 2.00 bits per heavy atom. The molecular weight excluding hydrogens is 276 g/mol. The van der Waals surface area contributed by atoms with Crippen LogP contribution in [0, 0.1) is 0 Å². The number of aliphatic hydroxyl groups excluding tert-OH is 4. The third kappa shape index (κ3) is 7.83. The summed E-state index contributed by atoms with van der Waals surface area (Å²) in [6.45, 7) is 0.418. The summed E-state index contributed by atoms with van der Waals surface area (Å²) in [7, 11) is 0. The molecular formula is C11H24O5S2. The normalized spacial score (nSPS) is 18.3. The van der Waals surface area contributed by atoms with E-state index in [-0.39, 0.29) is 12.4 Å². The number of hydrogen-bond donors (Lipinski definition) is 6. The van der Waals surface area contributed by atoms with Crippen LogP contribution < -0.4 is 0 Å². The molecule has 0 amide bonds. The first-order valence-corrected chi connectivity index (χ1v) is 7.32. The Morgan fingerprint density at radius 2 is 1.44 bits per heavy atom. The van der Waals surface area contributed by atoms with E-state index in [2.05, 4.69) is 25.3 Å². The quantitative estimate of drug-likeness (QED) is 0.228.